The van der Waals surface area contributed by atoms with E-state index < -0.39 is 0 Å². The Balaban J connectivity index is 2.55. The van der Waals surface area contributed by atoms with Crippen LogP contribution < -0.4 is 0 Å². The maximum Gasteiger partial charge on any atom is 0.00189 e. The Kier molecular flexibility index (Phi) is 9.54. The smallest absolute Gasteiger partial charge is 0.00189 e. The van der Waals surface area contributed by atoms with Crippen LogP contribution in [0.25, 0.3) is 0 Å². The largest absolute Gasteiger partial charge is 0.309 e. The summed E-state index contributed by atoms with van der Waals surface area (Å²) in [6.45, 7) is 13.4. The summed E-state index contributed by atoms with van der Waals surface area (Å²) in [4.78, 5) is 7.31. The van der Waals surface area contributed by atoms with E-state index in [-0.39, 0.29) is 0 Å². The number of hydrogen-bond donors (Lipinski definition) is 0. The van der Waals surface area contributed by atoms with Crippen molar-refractivity contribution >= 4 is 0 Å². The topological polar surface area (TPSA) is 9.72 Å². The van der Waals surface area contributed by atoms with Gasteiger partial charge in [0.05, 0.1) is 0 Å². The highest BCUT2D eigenvalue weighted by Crippen LogP contribution is 2.41. The highest BCUT2D eigenvalue weighted by atomic mass is 15.1. The highest BCUT2D eigenvalue weighted by Gasteiger charge is 2.28. The Morgan fingerprint density at radius 2 is 1.38 bits per heavy atom. The fourth-order valence-corrected chi connectivity index (χ4v) is 4.05. The molecule has 0 aromatic rings. The van der Waals surface area contributed by atoms with E-state index in [1.807, 2.05) is 0 Å². The van der Waals surface area contributed by atoms with Gasteiger partial charge in [0.25, 0.3) is 0 Å². The number of allylic oxidation sites excluding steroid dienone is 1. The number of hydrogen-bond acceptors (Lipinski definition) is 3. The lowest BCUT2D eigenvalue weighted by molar-refractivity contribution is 0.234. The molecule has 0 saturated carbocycles. The maximum absolute atomic E-state index is 2.71. The molecule has 0 radical (unpaired) electrons. The van der Waals surface area contributed by atoms with Gasteiger partial charge in [0.1, 0.15) is 0 Å². The van der Waals surface area contributed by atoms with Crippen LogP contribution in [-0.4, -0.2) is 75.6 Å². The molecule has 3 heteroatoms. The van der Waals surface area contributed by atoms with Gasteiger partial charge in [-0.05, 0) is 105 Å². The van der Waals surface area contributed by atoms with Crippen molar-refractivity contribution in [2.45, 2.75) is 59.3 Å². The molecule has 0 atom stereocenters. The first-order chi connectivity index (χ1) is 11.2. The average molecular weight is 338 g/mol. The van der Waals surface area contributed by atoms with Crippen molar-refractivity contribution in [2.24, 2.45) is 5.41 Å². The van der Waals surface area contributed by atoms with E-state index >= 15 is 0 Å². The second-order valence-electron chi connectivity index (χ2n) is 8.90. The van der Waals surface area contributed by atoms with Gasteiger partial charge in [-0.15, -0.1) is 0 Å². The Morgan fingerprint density at radius 3 is 1.83 bits per heavy atom. The summed E-state index contributed by atoms with van der Waals surface area (Å²) in [6, 6.07) is 0. The molecule has 1 rings (SSSR count). The molecule has 0 N–H and O–H groups in total. The first-order valence-electron chi connectivity index (χ1n) is 9.93. The molecule has 0 heterocycles. The van der Waals surface area contributed by atoms with Crippen molar-refractivity contribution in [3.63, 3.8) is 0 Å². The van der Waals surface area contributed by atoms with Gasteiger partial charge in [-0.25, -0.2) is 0 Å². The average Bonchev–Trinajstić information content (AvgIpc) is 2.44. The predicted octanol–water partition coefficient (Wildman–Crippen LogP) is 4.11. The molecule has 3 nitrogen and oxygen atoms in total. The summed E-state index contributed by atoms with van der Waals surface area (Å²) in [7, 11) is 8.70. The van der Waals surface area contributed by atoms with E-state index in [9.17, 15) is 0 Å². The molecule has 0 bridgehead atoms. The normalized spacial score (nSPS) is 18.2. The van der Waals surface area contributed by atoms with E-state index in [1.54, 1.807) is 11.1 Å². The minimum Gasteiger partial charge on any atom is -0.309 e. The Labute approximate surface area is 152 Å². The van der Waals surface area contributed by atoms with Crippen molar-refractivity contribution in [3.8, 4) is 0 Å². The van der Waals surface area contributed by atoms with Crippen LogP contribution in [0.15, 0.2) is 11.1 Å². The van der Waals surface area contributed by atoms with Gasteiger partial charge in [-0.1, -0.05) is 25.0 Å². The Bertz CT molecular complexity index is 369. The molecule has 0 aliphatic heterocycles. The fraction of sp³-hybridized carbons (Fsp3) is 0.905. The lowest BCUT2D eigenvalue weighted by Gasteiger charge is -2.36. The molecule has 0 spiro atoms. The molecule has 142 valence electrons. The molecule has 24 heavy (non-hydrogen) atoms. The monoisotopic (exact) mass is 337 g/mol. The first-order valence-corrected chi connectivity index (χ1v) is 9.93. The molecular formula is C21H43N3. The Hall–Kier alpha value is -0.380. The van der Waals surface area contributed by atoms with E-state index in [2.05, 4.69) is 63.7 Å². The standard InChI is InChI=1S/C21H43N3/c1-19-11-8-13-21(2,3)20(19)12-18-24(16-9-14-22(4)5)17-10-15-23(6)7/h8-18H2,1-7H3. The van der Waals surface area contributed by atoms with Gasteiger partial charge < -0.3 is 14.7 Å². The van der Waals surface area contributed by atoms with Crippen LogP contribution in [0.5, 0.6) is 0 Å². The fourth-order valence-electron chi connectivity index (χ4n) is 4.05. The zero-order valence-corrected chi connectivity index (χ0v) is 17.6. The maximum atomic E-state index is 2.71. The predicted molar refractivity (Wildman–Crippen MR) is 108 cm³/mol. The zero-order valence-electron chi connectivity index (χ0n) is 17.6. The van der Waals surface area contributed by atoms with Gasteiger partial charge >= 0.3 is 0 Å². The number of nitrogens with zero attached hydrogens (tertiary/aromatic N) is 3. The summed E-state index contributed by atoms with van der Waals surface area (Å²) in [6.07, 6.45) is 7.87. The second kappa shape index (κ2) is 10.6. The van der Waals surface area contributed by atoms with Gasteiger partial charge in [-0.3, -0.25) is 0 Å². The molecule has 0 aromatic carbocycles. The third-order valence-corrected chi connectivity index (χ3v) is 5.52. The van der Waals surface area contributed by atoms with Crippen LogP contribution in [0.1, 0.15) is 59.3 Å². The number of rotatable bonds is 11. The van der Waals surface area contributed by atoms with Crippen molar-refractivity contribution in [2.75, 3.05) is 60.9 Å². The quantitative estimate of drug-likeness (QED) is 0.525. The van der Waals surface area contributed by atoms with Crippen LogP contribution in [0.4, 0.5) is 0 Å². The highest BCUT2D eigenvalue weighted by molar-refractivity contribution is 5.22. The van der Waals surface area contributed by atoms with Crippen molar-refractivity contribution in [3.05, 3.63) is 11.1 Å². The van der Waals surface area contributed by atoms with Crippen LogP contribution >= 0.6 is 0 Å². The van der Waals surface area contributed by atoms with Gasteiger partial charge in [-0.2, -0.15) is 0 Å². The van der Waals surface area contributed by atoms with E-state index in [0.717, 1.165) is 0 Å². The van der Waals surface area contributed by atoms with Crippen LogP contribution in [-0.2, 0) is 0 Å². The summed E-state index contributed by atoms with van der Waals surface area (Å²) < 4.78 is 0. The summed E-state index contributed by atoms with van der Waals surface area (Å²) in [5, 5.41) is 0. The molecular weight excluding hydrogens is 294 g/mol. The van der Waals surface area contributed by atoms with Crippen molar-refractivity contribution in [1.29, 1.82) is 0 Å². The summed E-state index contributed by atoms with van der Waals surface area (Å²) in [5.41, 5.74) is 3.84. The zero-order chi connectivity index (χ0) is 18.2. The third kappa shape index (κ3) is 8.13. The molecule has 0 saturated heterocycles. The summed E-state index contributed by atoms with van der Waals surface area (Å²) in [5.74, 6) is 0. The van der Waals surface area contributed by atoms with Crippen LogP contribution in [0.2, 0.25) is 0 Å². The van der Waals surface area contributed by atoms with Crippen LogP contribution in [0, 0.1) is 5.41 Å². The van der Waals surface area contributed by atoms with E-state index in [1.165, 1.54) is 71.2 Å². The SMILES string of the molecule is CC1=C(CCN(CCCN(C)C)CCCN(C)C)C(C)(C)CCC1. The van der Waals surface area contributed by atoms with Crippen molar-refractivity contribution in [1.82, 2.24) is 14.7 Å². The van der Waals surface area contributed by atoms with Crippen molar-refractivity contribution < 1.29 is 0 Å². The van der Waals surface area contributed by atoms with Crippen LogP contribution in [0.3, 0.4) is 0 Å². The molecule has 0 aromatic heterocycles. The van der Waals surface area contributed by atoms with Gasteiger partial charge in [0, 0.05) is 6.54 Å². The van der Waals surface area contributed by atoms with E-state index in [4.69, 9.17) is 0 Å². The molecule has 0 fully saturated rings. The van der Waals surface area contributed by atoms with Gasteiger partial charge in [0.15, 0.2) is 0 Å². The summed E-state index contributed by atoms with van der Waals surface area (Å²) >= 11 is 0. The molecule has 1 aliphatic rings. The second-order valence-corrected chi connectivity index (χ2v) is 8.90. The molecule has 0 amide bonds. The molecule has 0 unspecified atom stereocenters. The minimum absolute atomic E-state index is 0.418. The van der Waals surface area contributed by atoms with E-state index in [0.29, 0.717) is 5.41 Å². The third-order valence-electron chi connectivity index (χ3n) is 5.52. The molecule has 1 aliphatic carbocycles. The lowest BCUT2D eigenvalue weighted by Crippen LogP contribution is -2.32. The Morgan fingerprint density at radius 1 is 0.833 bits per heavy atom. The minimum atomic E-state index is 0.418. The lowest BCUT2D eigenvalue weighted by atomic mass is 9.71. The first kappa shape index (κ1) is 21.7. The van der Waals surface area contributed by atoms with Gasteiger partial charge in [0.2, 0.25) is 0 Å².